The number of amides is 2. The number of ether oxygens (including phenoxy) is 1. The molecule has 8 nitrogen and oxygen atoms in total. The van der Waals surface area contributed by atoms with E-state index in [0.717, 1.165) is 11.3 Å². The lowest BCUT2D eigenvalue weighted by Gasteiger charge is -2.36. The number of carbonyl (C=O) groups excluding carboxylic acids is 2. The predicted octanol–water partition coefficient (Wildman–Crippen LogP) is 2.82. The van der Waals surface area contributed by atoms with Crippen LogP contribution in [0.2, 0.25) is 0 Å². The van der Waals surface area contributed by atoms with E-state index in [-0.39, 0.29) is 17.9 Å². The lowest BCUT2D eigenvalue weighted by Crippen LogP contribution is -2.48. The van der Waals surface area contributed by atoms with Gasteiger partial charge in [0, 0.05) is 44.6 Å². The summed E-state index contributed by atoms with van der Waals surface area (Å²) in [5, 5.41) is 0. The van der Waals surface area contributed by atoms with E-state index < -0.39 is 0 Å². The number of piperazine rings is 1. The van der Waals surface area contributed by atoms with E-state index >= 15 is 0 Å². The highest BCUT2D eigenvalue weighted by Gasteiger charge is 2.43. The van der Waals surface area contributed by atoms with Crippen LogP contribution in [0, 0.1) is 5.92 Å². The van der Waals surface area contributed by atoms with Crippen molar-refractivity contribution in [3.63, 3.8) is 0 Å². The van der Waals surface area contributed by atoms with Crippen molar-refractivity contribution in [3.05, 3.63) is 54.0 Å². The lowest BCUT2D eigenvalue weighted by molar-refractivity contribution is -0.139. The number of hydrogen-bond donors (Lipinski definition) is 0. The quantitative estimate of drug-likeness (QED) is 0.602. The Hall–Kier alpha value is -3.42. The summed E-state index contributed by atoms with van der Waals surface area (Å²) in [6.45, 7) is 11.1. The molecule has 8 heteroatoms. The highest BCUT2D eigenvalue weighted by molar-refractivity contribution is 6.35. The molecule has 4 rings (SSSR count). The first kappa shape index (κ1) is 22.8. The molecule has 3 heterocycles. The fraction of sp³-hybridized carbons (Fsp3) is 0.440. The van der Waals surface area contributed by atoms with Gasteiger partial charge in [-0.25, -0.2) is 9.97 Å². The highest BCUT2D eigenvalue weighted by Crippen LogP contribution is 2.34. The minimum absolute atomic E-state index is 0.217. The number of anilines is 1. The average molecular weight is 450 g/mol. The monoisotopic (exact) mass is 449 g/mol. The summed E-state index contributed by atoms with van der Waals surface area (Å²) in [7, 11) is 0. The van der Waals surface area contributed by atoms with Gasteiger partial charge in [-0.05, 0) is 43.5 Å². The lowest BCUT2D eigenvalue weighted by atomic mass is 10.0. The minimum atomic E-state index is -0.241. The fourth-order valence-corrected chi connectivity index (χ4v) is 4.12. The van der Waals surface area contributed by atoms with E-state index in [1.165, 1.54) is 4.90 Å². The van der Waals surface area contributed by atoms with Crippen LogP contribution < -0.4 is 9.64 Å². The van der Waals surface area contributed by atoms with Crippen LogP contribution in [0.3, 0.4) is 0 Å². The third kappa shape index (κ3) is 4.69. The van der Waals surface area contributed by atoms with Crippen molar-refractivity contribution in [2.75, 3.05) is 37.7 Å². The maximum Gasteiger partial charge on any atom is 0.278 e. The van der Waals surface area contributed by atoms with Crippen molar-refractivity contribution in [1.82, 2.24) is 19.8 Å². The Morgan fingerprint density at radius 1 is 0.879 bits per heavy atom. The molecule has 1 aromatic carbocycles. The molecule has 2 aliphatic rings. The van der Waals surface area contributed by atoms with E-state index in [4.69, 9.17) is 4.74 Å². The zero-order valence-corrected chi connectivity index (χ0v) is 19.7. The normalized spacial score (nSPS) is 17.1. The summed E-state index contributed by atoms with van der Waals surface area (Å²) in [5.41, 5.74) is 1.68. The van der Waals surface area contributed by atoms with E-state index in [0.29, 0.717) is 55.9 Å². The minimum Gasteiger partial charge on any atom is -0.493 e. The molecule has 0 aliphatic carbocycles. The topological polar surface area (TPSA) is 78.9 Å². The van der Waals surface area contributed by atoms with Gasteiger partial charge in [0.05, 0.1) is 12.2 Å². The maximum absolute atomic E-state index is 13.4. The first-order valence-electron chi connectivity index (χ1n) is 11.5. The van der Waals surface area contributed by atoms with Crippen LogP contribution in [0.5, 0.6) is 5.75 Å². The summed E-state index contributed by atoms with van der Waals surface area (Å²) >= 11 is 0. The maximum atomic E-state index is 13.4. The first-order chi connectivity index (χ1) is 15.9. The van der Waals surface area contributed by atoms with Gasteiger partial charge < -0.3 is 14.5 Å². The SMILES string of the molecule is CC(C)COc1ccc(C2=C(N3CCN(c4ncccn4)CC3)C(=O)N(C(C)C)C2=O)cc1. The molecule has 0 atom stereocenters. The van der Waals surface area contributed by atoms with Crippen LogP contribution in [-0.4, -0.2) is 70.4 Å². The van der Waals surface area contributed by atoms with Crippen molar-refractivity contribution < 1.29 is 14.3 Å². The Morgan fingerprint density at radius 3 is 2.06 bits per heavy atom. The van der Waals surface area contributed by atoms with Gasteiger partial charge in [-0.1, -0.05) is 26.0 Å². The molecule has 174 valence electrons. The van der Waals surface area contributed by atoms with E-state index in [1.54, 1.807) is 18.5 Å². The van der Waals surface area contributed by atoms with E-state index in [9.17, 15) is 9.59 Å². The molecule has 2 aromatic rings. The Bertz CT molecular complexity index is 1030. The summed E-state index contributed by atoms with van der Waals surface area (Å²) in [6, 6.07) is 9.04. The molecule has 2 aliphatic heterocycles. The Balaban J connectivity index is 1.61. The van der Waals surface area contributed by atoms with Gasteiger partial charge in [0.15, 0.2) is 0 Å². The Labute approximate surface area is 194 Å². The number of hydrogen-bond acceptors (Lipinski definition) is 7. The van der Waals surface area contributed by atoms with Crippen LogP contribution in [-0.2, 0) is 9.59 Å². The molecule has 0 unspecified atom stereocenters. The number of rotatable bonds is 7. The van der Waals surface area contributed by atoms with E-state index in [1.807, 2.05) is 43.0 Å². The second-order valence-corrected chi connectivity index (χ2v) is 9.05. The highest BCUT2D eigenvalue weighted by atomic mass is 16.5. The number of aromatic nitrogens is 2. The third-order valence-electron chi connectivity index (χ3n) is 5.76. The average Bonchev–Trinajstić information content (AvgIpc) is 3.08. The molecule has 2 amide bonds. The van der Waals surface area contributed by atoms with E-state index in [2.05, 4.69) is 28.7 Å². The molecule has 0 saturated carbocycles. The largest absolute Gasteiger partial charge is 0.493 e. The molecule has 1 fully saturated rings. The fourth-order valence-electron chi connectivity index (χ4n) is 4.12. The van der Waals surface area contributed by atoms with Crippen molar-refractivity contribution in [3.8, 4) is 5.75 Å². The smallest absolute Gasteiger partial charge is 0.278 e. The van der Waals surface area contributed by atoms with Crippen LogP contribution in [0.15, 0.2) is 48.4 Å². The number of imide groups is 1. The Morgan fingerprint density at radius 2 is 1.48 bits per heavy atom. The zero-order chi connectivity index (χ0) is 23.5. The molecule has 0 spiro atoms. The van der Waals surface area contributed by atoms with Crippen LogP contribution in [0.25, 0.3) is 5.57 Å². The standard InChI is InChI=1S/C25H31N5O3/c1-17(2)16-33-20-8-6-19(7-9-20)21-22(24(32)30(18(3)4)23(21)31)28-12-14-29(15-13-28)25-26-10-5-11-27-25/h5-11,17-18H,12-16H2,1-4H3. The second kappa shape index (κ2) is 9.60. The van der Waals surface area contributed by atoms with Crippen molar-refractivity contribution >= 4 is 23.3 Å². The molecule has 0 N–H and O–H groups in total. The van der Waals surface area contributed by atoms with Crippen molar-refractivity contribution in [2.45, 2.75) is 33.7 Å². The second-order valence-electron chi connectivity index (χ2n) is 9.05. The number of benzene rings is 1. The van der Waals surface area contributed by atoms with Crippen LogP contribution >= 0.6 is 0 Å². The first-order valence-corrected chi connectivity index (χ1v) is 11.5. The summed E-state index contributed by atoms with van der Waals surface area (Å²) < 4.78 is 5.78. The number of carbonyl (C=O) groups is 2. The van der Waals surface area contributed by atoms with Crippen LogP contribution in [0.4, 0.5) is 5.95 Å². The summed E-state index contributed by atoms with van der Waals surface area (Å²) in [4.78, 5) is 40.9. The molecular formula is C25H31N5O3. The van der Waals surface area contributed by atoms with Crippen molar-refractivity contribution in [2.24, 2.45) is 5.92 Å². The van der Waals surface area contributed by atoms with Gasteiger partial charge in [-0.3, -0.25) is 14.5 Å². The van der Waals surface area contributed by atoms with Gasteiger partial charge in [0.2, 0.25) is 5.95 Å². The van der Waals surface area contributed by atoms with Gasteiger partial charge in [0.25, 0.3) is 11.8 Å². The molecule has 0 radical (unpaired) electrons. The molecule has 0 bridgehead atoms. The van der Waals surface area contributed by atoms with Gasteiger partial charge in [-0.2, -0.15) is 0 Å². The van der Waals surface area contributed by atoms with Gasteiger partial charge in [-0.15, -0.1) is 0 Å². The molecule has 1 aromatic heterocycles. The third-order valence-corrected chi connectivity index (χ3v) is 5.76. The Kier molecular flexibility index (Phi) is 6.62. The zero-order valence-electron chi connectivity index (χ0n) is 19.7. The number of nitrogens with zero attached hydrogens (tertiary/aromatic N) is 5. The van der Waals surface area contributed by atoms with Crippen molar-refractivity contribution in [1.29, 1.82) is 0 Å². The summed E-state index contributed by atoms with van der Waals surface area (Å²) in [6.07, 6.45) is 3.45. The molecule has 33 heavy (non-hydrogen) atoms. The predicted molar refractivity (Wildman–Crippen MR) is 127 cm³/mol. The molecule has 1 saturated heterocycles. The van der Waals surface area contributed by atoms with Gasteiger partial charge in [0.1, 0.15) is 11.4 Å². The molecular weight excluding hydrogens is 418 g/mol. The van der Waals surface area contributed by atoms with Gasteiger partial charge >= 0.3 is 0 Å². The summed E-state index contributed by atoms with van der Waals surface area (Å²) in [5.74, 6) is 1.39. The van der Waals surface area contributed by atoms with Crippen LogP contribution in [0.1, 0.15) is 33.3 Å².